The molecule has 1 saturated carbocycles. The lowest BCUT2D eigenvalue weighted by atomic mass is 9.70. The highest BCUT2D eigenvalue weighted by molar-refractivity contribution is 4.99. The highest BCUT2D eigenvalue weighted by atomic mass is 16.5. The Morgan fingerprint density at radius 3 is 2.33 bits per heavy atom. The van der Waals surface area contributed by atoms with E-state index in [-0.39, 0.29) is 11.6 Å². The molecule has 108 valence electrons. The Morgan fingerprint density at radius 2 is 1.89 bits per heavy atom. The molecule has 18 heavy (non-hydrogen) atoms. The Morgan fingerprint density at radius 1 is 1.33 bits per heavy atom. The maximum Gasteiger partial charge on any atom is 0.0749 e. The number of nitrogens with zero attached hydrogens (tertiary/aromatic N) is 1. The molecule has 0 aliphatic heterocycles. The lowest BCUT2D eigenvalue weighted by Gasteiger charge is -2.49. The Labute approximate surface area is 113 Å². The Kier molecular flexibility index (Phi) is 6.09. The van der Waals surface area contributed by atoms with Gasteiger partial charge < -0.3 is 14.7 Å². The fraction of sp³-hybridized carbons (Fsp3) is 1.00. The molecule has 0 radical (unpaired) electrons. The summed E-state index contributed by atoms with van der Waals surface area (Å²) in [7, 11) is 5.95. The van der Waals surface area contributed by atoms with Crippen molar-refractivity contribution < 1.29 is 9.84 Å². The predicted molar refractivity (Wildman–Crippen MR) is 75.7 cm³/mol. The summed E-state index contributed by atoms with van der Waals surface area (Å²) >= 11 is 0. The van der Waals surface area contributed by atoms with Gasteiger partial charge in [-0.05, 0) is 58.0 Å². The van der Waals surface area contributed by atoms with Gasteiger partial charge in [-0.2, -0.15) is 0 Å². The third kappa shape index (κ3) is 3.46. The molecule has 0 heterocycles. The summed E-state index contributed by atoms with van der Waals surface area (Å²) in [5.41, 5.74) is -0.0281. The molecule has 2 unspecified atom stereocenters. The Balaban J connectivity index is 2.71. The minimum absolute atomic E-state index is 0.0281. The van der Waals surface area contributed by atoms with Crippen LogP contribution in [0.5, 0.6) is 0 Å². The van der Waals surface area contributed by atoms with Crippen LogP contribution in [0.3, 0.4) is 0 Å². The first-order chi connectivity index (χ1) is 8.44. The minimum atomic E-state index is -0.254. The van der Waals surface area contributed by atoms with Gasteiger partial charge in [-0.3, -0.25) is 0 Å². The summed E-state index contributed by atoms with van der Waals surface area (Å²) in [6.07, 6.45) is 5.36. The van der Waals surface area contributed by atoms with Crippen molar-refractivity contribution in [3.05, 3.63) is 0 Å². The molecule has 3 heteroatoms. The van der Waals surface area contributed by atoms with Gasteiger partial charge in [0.2, 0.25) is 0 Å². The zero-order valence-corrected chi connectivity index (χ0v) is 12.8. The zero-order chi connectivity index (χ0) is 13.8. The quantitative estimate of drug-likeness (QED) is 0.793. The average molecular weight is 257 g/mol. The third-order valence-electron chi connectivity index (χ3n) is 4.90. The molecule has 3 nitrogen and oxygen atoms in total. The van der Waals surface area contributed by atoms with Crippen LogP contribution in [0, 0.1) is 11.8 Å². The van der Waals surface area contributed by atoms with Crippen LogP contribution in [-0.2, 0) is 4.74 Å². The van der Waals surface area contributed by atoms with Crippen LogP contribution in [0.2, 0.25) is 0 Å². The van der Waals surface area contributed by atoms with E-state index in [4.69, 9.17) is 4.74 Å². The summed E-state index contributed by atoms with van der Waals surface area (Å²) in [6, 6.07) is 0. The van der Waals surface area contributed by atoms with Crippen molar-refractivity contribution in [1.29, 1.82) is 0 Å². The van der Waals surface area contributed by atoms with Gasteiger partial charge in [0, 0.05) is 19.3 Å². The summed E-state index contributed by atoms with van der Waals surface area (Å²) in [5, 5.41) is 10.8. The van der Waals surface area contributed by atoms with E-state index < -0.39 is 0 Å². The van der Waals surface area contributed by atoms with Crippen molar-refractivity contribution in [2.24, 2.45) is 11.8 Å². The van der Waals surface area contributed by atoms with Gasteiger partial charge in [-0.15, -0.1) is 0 Å². The summed E-state index contributed by atoms with van der Waals surface area (Å²) in [6.45, 7) is 5.20. The summed E-state index contributed by atoms with van der Waals surface area (Å²) < 4.78 is 5.14. The number of hydrogen-bond donors (Lipinski definition) is 1. The molecule has 0 aromatic carbocycles. The number of ether oxygens (including phenoxy) is 1. The molecule has 0 aromatic heterocycles. The lowest BCUT2D eigenvalue weighted by molar-refractivity contribution is -0.0687. The van der Waals surface area contributed by atoms with Gasteiger partial charge in [-0.25, -0.2) is 0 Å². The molecule has 0 aromatic rings. The minimum Gasteiger partial charge on any atom is -0.391 e. The van der Waals surface area contributed by atoms with Gasteiger partial charge in [0.1, 0.15) is 0 Å². The maximum atomic E-state index is 10.8. The molecule has 1 N–H and O–H groups in total. The average Bonchev–Trinajstić information content (AvgIpc) is 2.36. The summed E-state index contributed by atoms with van der Waals surface area (Å²) in [5.74, 6) is 1.10. The van der Waals surface area contributed by atoms with Gasteiger partial charge >= 0.3 is 0 Å². The number of likely N-dealkylation sites (N-methyl/N-ethyl adjacent to an activating group) is 1. The molecule has 0 saturated heterocycles. The molecule has 1 fully saturated rings. The lowest BCUT2D eigenvalue weighted by Crippen LogP contribution is -2.57. The van der Waals surface area contributed by atoms with Crippen LogP contribution < -0.4 is 0 Å². The van der Waals surface area contributed by atoms with Gasteiger partial charge in [0.25, 0.3) is 0 Å². The molecule has 1 rings (SSSR count). The van der Waals surface area contributed by atoms with Gasteiger partial charge in [0.05, 0.1) is 6.10 Å². The van der Waals surface area contributed by atoms with E-state index in [0.717, 1.165) is 31.8 Å². The van der Waals surface area contributed by atoms with E-state index in [1.165, 1.54) is 12.8 Å². The Hall–Kier alpha value is -0.120. The van der Waals surface area contributed by atoms with Crippen LogP contribution in [0.25, 0.3) is 0 Å². The molecule has 1 aliphatic carbocycles. The number of hydrogen-bond acceptors (Lipinski definition) is 3. The van der Waals surface area contributed by atoms with Crippen LogP contribution in [-0.4, -0.2) is 49.5 Å². The highest BCUT2D eigenvalue weighted by Gasteiger charge is 2.44. The normalized spacial score (nSPS) is 32.5. The fourth-order valence-electron chi connectivity index (χ4n) is 3.26. The standard InChI is InChI=1S/C15H31NO2/c1-12-6-9-15(10-7-12,16(3)4)14(17)13(2)8-11-18-5/h12-14,17H,6-11H2,1-5H3. The highest BCUT2D eigenvalue weighted by Crippen LogP contribution is 2.40. The maximum absolute atomic E-state index is 10.8. The Bertz CT molecular complexity index is 235. The smallest absolute Gasteiger partial charge is 0.0749 e. The van der Waals surface area contributed by atoms with Crippen molar-refractivity contribution in [2.45, 2.75) is 57.6 Å². The van der Waals surface area contributed by atoms with E-state index >= 15 is 0 Å². The molecule has 0 bridgehead atoms. The molecular formula is C15H31NO2. The van der Waals surface area contributed by atoms with Crippen molar-refractivity contribution in [3.8, 4) is 0 Å². The van der Waals surface area contributed by atoms with Crippen molar-refractivity contribution in [1.82, 2.24) is 4.90 Å². The van der Waals surface area contributed by atoms with E-state index in [9.17, 15) is 5.11 Å². The zero-order valence-electron chi connectivity index (χ0n) is 12.8. The van der Waals surface area contributed by atoms with Crippen molar-refractivity contribution >= 4 is 0 Å². The number of rotatable bonds is 6. The van der Waals surface area contributed by atoms with Crippen LogP contribution in [0.4, 0.5) is 0 Å². The van der Waals surface area contributed by atoms with E-state index in [2.05, 4.69) is 32.8 Å². The van der Waals surface area contributed by atoms with Crippen LogP contribution in [0.1, 0.15) is 46.0 Å². The fourth-order valence-corrected chi connectivity index (χ4v) is 3.26. The van der Waals surface area contributed by atoms with Gasteiger partial charge in [0.15, 0.2) is 0 Å². The first kappa shape index (κ1) is 15.9. The van der Waals surface area contributed by atoms with E-state index in [0.29, 0.717) is 5.92 Å². The number of aliphatic hydroxyl groups is 1. The second kappa shape index (κ2) is 6.88. The number of aliphatic hydroxyl groups excluding tert-OH is 1. The van der Waals surface area contributed by atoms with Crippen molar-refractivity contribution in [2.75, 3.05) is 27.8 Å². The second-order valence-electron chi connectivity index (χ2n) is 6.38. The molecule has 0 spiro atoms. The second-order valence-corrected chi connectivity index (χ2v) is 6.38. The predicted octanol–water partition coefficient (Wildman–Crippen LogP) is 2.53. The topological polar surface area (TPSA) is 32.7 Å². The van der Waals surface area contributed by atoms with Gasteiger partial charge in [-0.1, -0.05) is 13.8 Å². The summed E-state index contributed by atoms with van der Waals surface area (Å²) in [4.78, 5) is 2.26. The van der Waals surface area contributed by atoms with Crippen molar-refractivity contribution in [3.63, 3.8) is 0 Å². The molecular weight excluding hydrogens is 226 g/mol. The third-order valence-corrected chi connectivity index (χ3v) is 4.90. The molecule has 1 aliphatic rings. The number of methoxy groups -OCH3 is 1. The first-order valence-electron chi connectivity index (χ1n) is 7.28. The molecule has 2 atom stereocenters. The SMILES string of the molecule is COCCC(C)C(O)C1(N(C)C)CCC(C)CC1. The van der Waals surface area contributed by atoms with Crippen LogP contribution >= 0.6 is 0 Å². The molecule has 0 amide bonds. The largest absolute Gasteiger partial charge is 0.391 e. The first-order valence-corrected chi connectivity index (χ1v) is 7.28. The monoisotopic (exact) mass is 257 g/mol. The van der Waals surface area contributed by atoms with E-state index in [1.54, 1.807) is 7.11 Å². The van der Waals surface area contributed by atoms with E-state index in [1.807, 2.05) is 0 Å². The van der Waals surface area contributed by atoms with Crippen LogP contribution in [0.15, 0.2) is 0 Å².